The van der Waals surface area contributed by atoms with Gasteiger partial charge in [0.05, 0.1) is 13.2 Å². The maximum atomic E-state index is 11.7. The van der Waals surface area contributed by atoms with E-state index in [1.54, 1.807) is 0 Å². The molecular weight excluding hydrogens is 236 g/mol. The van der Waals surface area contributed by atoms with E-state index in [1.807, 2.05) is 11.8 Å². The molecule has 0 aromatic heterocycles. The molecular formula is C12H22N2O2S. The quantitative estimate of drug-likeness (QED) is 0.776. The van der Waals surface area contributed by atoms with Gasteiger partial charge in [-0.3, -0.25) is 4.79 Å². The highest BCUT2D eigenvalue weighted by atomic mass is 32.2. The van der Waals surface area contributed by atoms with Crippen LogP contribution in [0.15, 0.2) is 0 Å². The molecule has 2 heterocycles. The second kappa shape index (κ2) is 7.24. The molecule has 2 aliphatic heterocycles. The highest BCUT2D eigenvalue weighted by molar-refractivity contribution is 7.99. The lowest BCUT2D eigenvalue weighted by Crippen LogP contribution is -2.44. The molecule has 2 rings (SSSR count). The summed E-state index contributed by atoms with van der Waals surface area (Å²) in [4.78, 5) is 11.7. The highest BCUT2D eigenvalue weighted by Crippen LogP contribution is 2.21. The zero-order valence-electron chi connectivity index (χ0n) is 10.2. The Hall–Kier alpha value is -0.260. The Bertz CT molecular complexity index is 239. The van der Waals surface area contributed by atoms with E-state index in [0.29, 0.717) is 18.9 Å². The van der Waals surface area contributed by atoms with Crippen LogP contribution < -0.4 is 10.6 Å². The molecule has 2 saturated heterocycles. The third-order valence-corrected chi connectivity index (χ3v) is 4.41. The molecule has 0 bridgehead atoms. The third-order valence-electron chi connectivity index (χ3n) is 3.36. The smallest absolute Gasteiger partial charge is 0.221 e. The van der Waals surface area contributed by atoms with Crippen molar-refractivity contribution in [2.24, 2.45) is 5.92 Å². The van der Waals surface area contributed by atoms with Crippen molar-refractivity contribution in [3.05, 3.63) is 0 Å². The van der Waals surface area contributed by atoms with Gasteiger partial charge in [0.2, 0.25) is 5.91 Å². The highest BCUT2D eigenvalue weighted by Gasteiger charge is 2.18. The van der Waals surface area contributed by atoms with E-state index in [2.05, 4.69) is 10.6 Å². The van der Waals surface area contributed by atoms with Crippen LogP contribution in [0, 0.1) is 5.92 Å². The van der Waals surface area contributed by atoms with Gasteiger partial charge in [-0.2, -0.15) is 11.8 Å². The monoisotopic (exact) mass is 258 g/mol. The molecule has 0 aromatic carbocycles. The van der Waals surface area contributed by atoms with E-state index in [1.165, 1.54) is 24.3 Å². The number of ether oxygens (including phenoxy) is 1. The lowest BCUT2D eigenvalue weighted by atomic mass is 10.0. The first-order valence-electron chi connectivity index (χ1n) is 6.50. The molecule has 5 heteroatoms. The summed E-state index contributed by atoms with van der Waals surface area (Å²) in [5, 5.41) is 6.35. The number of morpholine rings is 1. The molecule has 0 radical (unpaired) electrons. The molecule has 0 aromatic rings. The number of amides is 1. The van der Waals surface area contributed by atoms with E-state index in [0.717, 1.165) is 19.7 Å². The van der Waals surface area contributed by atoms with Crippen molar-refractivity contribution in [1.29, 1.82) is 0 Å². The second-order valence-electron chi connectivity index (χ2n) is 4.79. The van der Waals surface area contributed by atoms with Crippen molar-refractivity contribution in [3.63, 3.8) is 0 Å². The lowest BCUT2D eigenvalue weighted by Gasteiger charge is -2.24. The fraction of sp³-hybridized carbons (Fsp3) is 0.917. The molecule has 2 fully saturated rings. The first kappa shape index (κ1) is 13.2. The lowest BCUT2D eigenvalue weighted by molar-refractivity contribution is -0.122. The van der Waals surface area contributed by atoms with Crippen molar-refractivity contribution in [3.8, 4) is 0 Å². The van der Waals surface area contributed by atoms with Crippen LogP contribution in [0.3, 0.4) is 0 Å². The molecule has 1 unspecified atom stereocenters. The second-order valence-corrected chi connectivity index (χ2v) is 6.01. The Morgan fingerprint density at radius 2 is 2.24 bits per heavy atom. The fourth-order valence-corrected chi connectivity index (χ4v) is 3.46. The van der Waals surface area contributed by atoms with Gasteiger partial charge in [0, 0.05) is 25.6 Å². The van der Waals surface area contributed by atoms with Crippen LogP contribution in [0.1, 0.15) is 19.3 Å². The van der Waals surface area contributed by atoms with E-state index in [-0.39, 0.29) is 11.9 Å². The maximum absolute atomic E-state index is 11.7. The summed E-state index contributed by atoms with van der Waals surface area (Å²) in [5.74, 6) is 3.35. The third kappa shape index (κ3) is 4.85. The van der Waals surface area contributed by atoms with E-state index in [4.69, 9.17) is 4.74 Å². The first-order chi connectivity index (χ1) is 8.34. The maximum Gasteiger partial charge on any atom is 0.221 e. The number of thioether (sulfide) groups is 1. The minimum atomic E-state index is 0.159. The molecule has 1 atom stereocenters. The molecule has 98 valence electrons. The van der Waals surface area contributed by atoms with Gasteiger partial charge in [-0.05, 0) is 30.3 Å². The Labute approximate surface area is 107 Å². The summed E-state index contributed by atoms with van der Waals surface area (Å²) in [5.41, 5.74) is 0. The van der Waals surface area contributed by atoms with Gasteiger partial charge in [-0.15, -0.1) is 0 Å². The van der Waals surface area contributed by atoms with Crippen LogP contribution in [-0.4, -0.2) is 49.8 Å². The van der Waals surface area contributed by atoms with Crippen molar-refractivity contribution < 1.29 is 9.53 Å². The van der Waals surface area contributed by atoms with Crippen molar-refractivity contribution in [1.82, 2.24) is 10.6 Å². The molecule has 1 amide bonds. The number of rotatable bonds is 4. The van der Waals surface area contributed by atoms with Gasteiger partial charge in [0.25, 0.3) is 0 Å². The molecule has 2 N–H and O–H groups in total. The number of carbonyl (C=O) groups is 1. The molecule has 0 aliphatic carbocycles. The van der Waals surface area contributed by atoms with Gasteiger partial charge in [-0.1, -0.05) is 0 Å². The number of hydrogen-bond acceptors (Lipinski definition) is 4. The average Bonchev–Trinajstić information content (AvgIpc) is 2.39. The summed E-state index contributed by atoms with van der Waals surface area (Å²) in [6.07, 6.45) is 3.03. The van der Waals surface area contributed by atoms with Gasteiger partial charge >= 0.3 is 0 Å². The molecule has 0 saturated carbocycles. The average molecular weight is 258 g/mol. The van der Waals surface area contributed by atoms with Crippen LogP contribution in [0.4, 0.5) is 0 Å². The van der Waals surface area contributed by atoms with E-state index in [9.17, 15) is 4.79 Å². The van der Waals surface area contributed by atoms with E-state index < -0.39 is 0 Å². The normalized spacial score (nSPS) is 26.7. The van der Waals surface area contributed by atoms with Crippen LogP contribution in [0.25, 0.3) is 0 Å². The topological polar surface area (TPSA) is 50.4 Å². The Morgan fingerprint density at radius 1 is 1.41 bits per heavy atom. The SMILES string of the molecule is O=C(CC1COCCN1)NCC1CCSCC1. The number of nitrogens with one attached hydrogen (secondary N) is 2. The minimum Gasteiger partial charge on any atom is -0.378 e. The predicted molar refractivity (Wildman–Crippen MR) is 70.3 cm³/mol. The first-order valence-corrected chi connectivity index (χ1v) is 7.65. The zero-order chi connectivity index (χ0) is 11.9. The van der Waals surface area contributed by atoms with Crippen LogP contribution >= 0.6 is 11.8 Å². The number of hydrogen-bond donors (Lipinski definition) is 2. The molecule has 2 aliphatic rings. The van der Waals surface area contributed by atoms with Gasteiger partial charge in [0.15, 0.2) is 0 Å². The Kier molecular flexibility index (Phi) is 5.61. The van der Waals surface area contributed by atoms with Gasteiger partial charge in [0.1, 0.15) is 0 Å². The van der Waals surface area contributed by atoms with Crippen LogP contribution in [-0.2, 0) is 9.53 Å². The Balaban J connectivity index is 1.59. The zero-order valence-corrected chi connectivity index (χ0v) is 11.1. The summed E-state index contributed by atoms with van der Waals surface area (Å²) >= 11 is 2.02. The standard InChI is InChI=1S/C12H22N2O2S/c15-12(7-11-9-16-4-3-13-11)14-8-10-1-5-17-6-2-10/h10-11,13H,1-9H2,(H,14,15). The largest absolute Gasteiger partial charge is 0.378 e. The van der Waals surface area contributed by atoms with Crippen LogP contribution in [0.5, 0.6) is 0 Å². The fourth-order valence-electron chi connectivity index (χ4n) is 2.26. The summed E-state index contributed by atoms with van der Waals surface area (Å²) in [6, 6.07) is 0.200. The van der Waals surface area contributed by atoms with Crippen molar-refractivity contribution in [2.75, 3.05) is 37.8 Å². The summed E-state index contributed by atoms with van der Waals surface area (Å²) in [7, 11) is 0. The number of carbonyl (C=O) groups excluding carboxylic acids is 1. The molecule has 17 heavy (non-hydrogen) atoms. The minimum absolute atomic E-state index is 0.159. The predicted octanol–water partition coefficient (Wildman–Crippen LogP) is 0.624. The molecule has 0 spiro atoms. The van der Waals surface area contributed by atoms with Crippen LogP contribution in [0.2, 0.25) is 0 Å². The van der Waals surface area contributed by atoms with E-state index >= 15 is 0 Å². The van der Waals surface area contributed by atoms with Gasteiger partial charge in [-0.25, -0.2) is 0 Å². The Morgan fingerprint density at radius 3 is 2.94 bits per heavy atom. The van der Waals surface area contributed by atoms with Crippen molar-refractivity contribution >= 4 is 17.7 Å². The summed E-state index contributed by atoms with van der Waals surface area (Å²) < 4.78 is 5.33. The summed E-state index contributed by atoms with van der Waals surface area (Å²) in [6.45, 7) is 3.14. The van der Waals surface area contributed by atoms with Gasteiger partial charge < -0.3 is 15.4 Å². The molecule has 4 nitrogen and oxygen atoms in total. The van der Waals surface area contributed by atoms with Crippen molar-refractivity contribution in [2.45, 2.75) is 25.3 Å².